The van der Waals surface area contributed by atoms with Crippen molar-refractivity contribution in [3.8, 4) is 0 Å². The minimum atomic E-state index is -2.10. The van der Waals surface area contributed by atoms with E-state index in [1.807, 2.05) is 0 Å². The Labute approximate surface area is 539 Å². The van der Waals surface area contributed by atoms with Gasteiger partial charge in [-0.2, -0.15) is 0 Å². The number of hydrogen-bond acceptors (Lipinski definition) is 30. The van der Waals surface area contributed by atoms with Crippen LogP contribution in [0.1, 0.15) is 113 Å². The van der Waals surface area contributed by atoms with Crippen molar-refractivity contribution in [2.24, 2.45) is 50.2 Å². The number of aliphatic hydroxyl groups excluding tert-OH is 17. The molecule has 30 nitrogen and oxygen atoms in total. The Balaban J connectivity index is 0.852. The standard InChI is InChI=1S/C63H102O30/c1-24-47(89-52-46(80)48(28(67)22-83-52)90-51-42(76)36(70)27(66)21-82-51)41(75)45(79)53(85-24)92-50-49(91-55-44(78)40(74)38(72)31(20-65)87-55)29(68)23-84-56(50)93-57(81)63-16-15-58(2,3)17-26(63)25-9-10-33-60(6)13-12-35(88-54-43(77)39(73)37(71)30(19-64)86-54)59(4,5)32(60)11-14-61(33,7)62(25,8)18-34(63)69/h9,24,26-56,64-80H,10-23H2,1-8H3/t24-,26-,27+,28+,29-,30+,31+,32-,33+,34+,35-,36-,37+,38+,39-,40-,41-,42+,43+,44+,45+,46+,47-,48-,49-,50+,51-,52-,53-,54-,55-,56-,60-,61+,62+,63+/m0/s1. The SMILES string of the molecule is C[C@@H]1O[C@@H](O[C@H]2[C@H](OC(=O)[C@]34CCC(C)(C)C[C@H]3C3=CC[C@@H]5[C@@]6(C)CC[C@H](O[C@@H]7O[C@H](CO)[C@@H](O)[C@H](O)[C@H]7O)C(C)(C)[C@@H]6CC[C@@]5(C)[C@]3(C)C[C@H]4O)OC[C@H](O)[C@@H]2O[C@@H]2O[C@H](CO)[C@@H](O)[C@H](O)[C@H]2O)[C@H](O)[C@H](O)[C@H]1O[C@@H]1OC[C@@H](O)[C@H](O[C@@H]2OC[C@@H](O)[C@H](O)[C@H]2O)[C@H]1O. The molecule has 93 heavy (non-hydrogen) atoms. The molecule has 0 aromatic carbocycles. The number of rotatable bonds is 14. The first-order valence-electron chi connectivity index (χ1n) is 33.0. The van der Waals surface area contributed by atoms with Crippen molar-refractivity contribution in [1.82, 2.24) is 0 Å². The van der Waals surface area contributed by atoms with Crippen molar-refractivity contribution < 1.29 is 148 Å². The molecule has 11 aliphatic rings. The molecule has 10 fully saturated rings. The van der Waals surface area contributed by atoms with Gasteiger partial charge in [-0.05, 0) is 110 Å². The molecule has 17 N–H and O–H groups in total. The van der Waals surface area contributed by atoms with E-state index in [2.05, 4.69) is 54.5 Å². The van der Waals surface area contributed by atoms with Crippen molar-refractivity contribution >= 4 is 5.97 Å². The Kier molecular flexibility index (Phi) is 20.9. The van der Waals surface area contributed by atoms with Gasteiger partial charge in [0, 0.05) is 0 Å². The van der Waals surface area contributed by atoms with Crippen LogP contribution >= 0.6 is 0 Å². The quantitative estimate of drug-likeness (QED) is 0.0443. The normalized spacial score (nSPS) is 54.7. The highest BCUT2D eigenvalue weighted by Crippen LogP contribution is 2.76. The molecule has 0 unspecified atom stereocenters. The third-order valence-corrected chi connectivity index (χ3v) is 24.4. The molecule has 0 aromatic heterocycles. The zero-order chi connectivity index (χ0) is 67.7. The third kappa shape index (κ3) is 12.3. The number of ether oxygens (including phenoxy) is 12. The van der Waals surface area contributed by atoms with Crippen LogP contribution in [-0.2, 0) is 61.6 Å². The maximum Gasteiger partial charge on any atom is 0.317 e. The lowest BCUT2D eigenvalue weighted by Crippen LogP contribution is -2.68. The van der Waals surface area contributed by atoms with Crippen molar-refractivity contribution in [2.45, 2.75) is 291 Å². The summed E-state index contributed by atoms with van der Waals surface area (Å²) in [5.41, 5.74) is -2.81. The molecule has 0 bridgehead atoms. The Morgan fingerprint density at radius 2 is 1.01 bits per heavy atom. The number of carbonyl (C=O) groups is 1. The molecule has 30 heteroatoms. The van der Waals surface area contributed by atoms with Gasteiger partial charge >= 0.3 is 5.97 Å². The van der Waals surface area contributed by atoms with Crippen molar-refractivity contribution in [3.05, 3.63) is 11.6 Å². The highest BCUT2D eigenvalue weighted by molar-refractivity contribution is 5.80. The molecule has 5 aliphatic carbocycles. The fourth-order valence-electron chi connectivity index (χ4n) is 18.7. The highest BCUT2D eigenvalue weighted by atomic mass is 16.8. The minimum Gasteiger partial charge on any atom is -0.432 e. The monoisotopic (exact) mass is 1340 g/mol. The van der Waals surface area contributed by atoms with E-state index < -0.39 is 245 Å². The van der Waals surface area contributed by atoms with Crippen LogP contribution in [0.5, 0.6) is 0 Å². The molecule has 4 saturated carbocycles. The van der Waals surface area contributed by atoms with E-state index in [4.69, 9.17) is 56.8 Å². The molecule has 11 rings (SSSR count). The second kappa shape index (κ2) is 26.9. The first-order valence-corrected chi connectivity index (χ1v) is 33.0. The summed E-state index contributed by atoms with van der Waals surface area (Å²) in [6.07, 6.45) is -40.5. The predicted molar refractivity (Wildman–Crippen MR) is 310 cm³/mol. The number of fused-ring (bicyclic) bond motifs is 7. The van der Waals surface area contributed by atoms with Crippen LogP contribution in [0.4, 0.5) is 0 Å². The second-order valence-corrected chi connectivity index (χ2v) is 30.6. The first kappa shape index (κ1) is 72.3. The maximum absolute atomic E-state index is 15.9. The summed E-state index contributed by atoms with van der Waals surface area (Å²) in [5.74, 6) is -1.31. The topological polar surface area (TPSA) is 472 Å². The van der Waals surface area contributed by atoms with Gasteiger partial charge in [0.1, 0.15) is 121 Å². The smallest absolute Gasteiger partial charge is 0.317 e. The zero-order valence-corrected chi connectivity index (χ0v) is 53.9. The van der Waals surface area contributed by atoms with E-state index in [-0.39, 0.29) is 35.5 Å². The number of aliphatic hydroxyl groups is 17. The van der Waals surface area contributed by atoms with Crippen LogP contribution in [-0.4, -0.2) is 304 Å². The summed E-state index contributed by atoms with van der Waals surface area (Å²) < 4.78 is 72.0. The van der Waals surface area contributed by atoms with Crippen LogP contribution in [0.2, 0.25) is 0 Å². The fourth-order valence-corrected chi connectivity index (χ4v) is 18.7. The highest BCUT2D eigenvalue weighted by Gasteiger charge is 2.72. The van der Waals surface area contributed by atoms with Crippen molar-refractivity contribution in [3.63, 3.8) is 0 Å². The number of allylic oxidation sites excluding steroid dienone is 2. The minimum absolute atomic E-state index is 0.0774. The Bertz CT molecular complexity index is 2620. The van der Waals surface area contributed by atoms with E-state index in [1.54, 1.807) is 0 Å². The average Bonchev–Trinajstić information content (AvgIpc) is 0.672. The van der Waals surface area contributed by atoms with Crippen LogP contribution in [0.25, 0.3) is 0 Å². The van der Waals surface area contributed by atoms with Crippen LogP contribution < -0.4 is 0 Å². The van der Waals surface area contributed by atoms with Gasteiger partial charge in [-0.1, -0.05) is 60.1 Å². The van der Waals surface area contributed by atoms with E-state index in [9.17, 15) is 86.8 Å². The summed E-state index contributed by atoms with van der Waals surface area (Å²) in [5, 5.41) is 187. The molecule has 6 aliphatic heterocycles. The summed E-state index contributed by atoms with van der Waals surface area (Å²) in [4.78, 5) is 15.9. The van der Waals surface area contributed by atoms with Gasteiger partial charge in [0.2, 0.25) is 6.29 Å². The summed E-state index contributed by atoms with van der Waals surface area (Å²) in [6, 6.07) is 0. The predicted octanol–water partition coefficient (Wildman–Crippen LogP) is -4.47. The van der Waals surface area contributed by atoms with Crippen LogP contribution in [0.15, 0.2) is 11.6 Å². The Morgan fingerprint density at radius 1 is 0.495 bits per heavy atom. The van der Waals surface area contributed by atoms with Crippen molar-refractivity contribution in [2.75, 3.05) is 33.0 Å². The van der Waals surface area contributed by atoms with E-state index in [0.29, 0.717) is 25.7 Å². The lowest BCUT2D eigenvalue weighted by molar-refractivity contribution is -0.388. The Hall–Kier alpha value is -1.91. The van der Waals surface area contributed by atoms with Gasteiger partial charge in [-0.25, -0.2) is 0 Å². The van der Waals surface area contributed by atoms with E-state index >= 15 is 4.79 Å². The molecule has 534 valence electrons. The molecule has 0 radical (unpaired) electrons. The summed E-state index contributed by atoms with van der Waals surface area (Å²) >= 11 is 0. The summed E-state index contributed by atoms with van der Waals surface area (Å²) in [7, 11) is 0. The Morgan fingerprint density at radius 3 is 1.63 bits per heavy atom. The molecule has 36 atom stereocenters. The van der Waals surface area contributed by atoms with Gasteiger partial charge in [-0.3, -0.25) is 4.79 Å². The molecule has 6 saturated heterocycles. The molecular weight excluding hydrogens is 1240 g/mol. The average molecular weight is 1340 g/mol. The molecule has 0 spiro atoms. The molecular formula is C63H102O30. The number of esters is 1. The van der Waals surface area contributed by atoms with Crippen molar-refractivity contribution in [1.29, 1.82) is 0 Å². The van der Waals surface area contributed by atoms with Gasteiger partial charge < -0.3 is 144 Å². The second-order valence-electron chi connectivity index (χ2n) is 30.6. The fraction of sp³-hybridized carbons (Fsp3) is 0.952. The largest absolute Gasteiger partial charge is 0.432 e. The third-order valence-electron chi connectivity index (χ3n) is 24.4. The zero-order valence-electron chi connectivity index (χ0n) is 53.9. The lowest BCUT2D eigenvalue weighted by atomic mass is 9.33. The van der Waals surface area contributed by atoms with Gasteiger partial charge in [-0.15, -0.1) is 0 Å². The van der Waals surface area contributed by atoms with E-state index in [1.165, 1.54) is 6.92 Å². The maximum atomic E-state index is 15.9. The van der Waals surface area contributed by atoms with Crippen LogP contribution in [0.3, 0.4) is 0 Å². The van der Waals surface area contributed by atoms with E-state index in [0.717, 1.165) is 24.8 Å². The van der Waals surface area contributed by atoms with Gasteiger partial charge in [0.15, 0.2) is 37.6 Å². The molecule has 6 heterocycles. The molecule has 0 aromatic rings. The summed E-state index contributed by atoms with van der Waals surface area (Å²) in [6.45, 7) is 13.7. The number of carbonyl (C=O) groups excluding carboxylic acids is 1. The van der Waals surface area contributed by atoms with Gasteiger partial charge in [0.05, 0.1) is 51.3 Å². The lowest BCUT2D eigenvalue weighted by Gasteiger charge is -2.71. The van der Waals surface area contributed by atoms with Gasteiger partial charge in [0.25, 0.3) is 0 Å². The number of hydrogen-bond donors (Lipinski definition) is 17. The van der Waals surface area contributed by atoms with Crippen LogP contribution in [0, 0.1) is 50.2 Å². The molecule has 0 amide bonds. The first-order chi connectivity index (χ1) is 43.6.